The van der Waals surface area contributed by atoms with Crippen LogP contribution in [-0.4, -0.2) is 24.0 Å². The van der Waals surface area contributed by atoms with E-state index in [-0.39, 0.29) is 11.8 Å². The first-order valence-corrected chi connectivity index (χ1v) is 9.44. The number of amides is 2. The Bertz CT molecular complexity index is 907. The van der Waals surface area contributed by atoms with Gasteiger partial charge in [-0.25, -0.2) is 0 Å². The van der Waals surface area contributed by atoms with Crippen molar-refractivity contribution in [2.75, 3.05) is 10.6 Å². The summed E-state index contributed by atoms with van der Waals surface area (Å²) in [5, 5.41) is 5.59. The monoisotopic (exact) mass is 382 g/mol. The van der Waals surface area contributed by atoms with E-state index in [0.29, 0.717) is 28.8 Å². The van der Waals surface area contributed by atoms with Crippen LogP contribution < -0.4 is 20.1 Å². The van der Waals surface area contributed by atoms with Crippen LogP contribution in [0.15, 0.2) is 36.4 Å². The van der Waals surface area contributed by atoms with Gasteiger partial charge in [0.15, 0.2) is 12.2 Å². The van der Waals surface area contributed by atoms with Crippen LogP contribution in [0.5, 0.6) is 11.5 Å². The fourth-order valence-corrected chi connectivity index (χ4v) is 2.88. The van der Waals surface area contributed by atoms with Gasteiger partial charge in [0.25, 0.3) is 11.8 Å². The van der Waals surface area contributed by atoms with Crippen LogP contribution >= 0.6 is 0 Å². The van der Waals surface area contributed by atoms with Gasteiger partial charge in [0.05, 0.1) is 5.69 Å². The summed E-state index contributed by atoms with van der Waals surface area (Å²) < 4.78 is 11.4. The first-order chi connectivity index (χ1) is 13.2. The highest BCUT2D eigenvalue weighted by atomic mass is 16.5. The summed E-state index contributed by atoms with van der Waals surface area (Å²) >= 11 is 0. The van der Waals surface area contributed by atoms with Gasteiger partial charge in [-0.15, -0.1) is 0 Å². The number of anilines is 2. The van der Waals surface area contributed by atoms with E-state index in [1.54, 1.807) is 32.0 Å². The highest BCUT2D eigenvalue weighted by molar-refractivity contribution is 5.99. The van der Waals surface area contributed by atoms with Gasteiger partial charge in [0.2, 0.25) is 0 Å². The molecule has 2 N–H and O–H groups in total. The molecule has 0 aliphatic carbocycles. The second-order valence-corrected chi connectivity index (χ2v) is 7.39. The summed E-state index contributed by atoms with van der Waals surface area (Å²) in [6.07, 6.45) is -1.21. The Morgan fingerprint density at radius 3 is 2.64 bits per heavy atom. The van der Waals surface area contributed by atoms with Crippen molar-refractivity contribution < 1.29 is 19.1 Å². The average Bonchev–Trinajstić information content (AvgIpc) is 2.64. The SMILES string of the molecule is Cc1ccc(C(C)C)cc1O[C@H](C)C(=O)Nc1ccc2c(c1)NC(=O)[C@H](C)O2. The summed E-state index contributed by atoms with van der Waals surface area (Å²) in [4.78, 5) is 24.3. The highest BCUT2D eigenvalue weighted by Gasteiger charge is 2.24. The number of benzene rings is 2. The largest absolute Gasteiger partial charge is 0.481 e. The molecule has 2 aromatic carbocycles. The molecular formula is C22H26N2O4. The molecule has 2 amide bonds. The summed E-state index contributed by atoms with van der Waals surface area (Å²) in [7, 11) is 0. The first kappa shape index (κ1) is 19.7. The third-order valence-corrected chi connectivity index (χ3v) is 4.73. The van der Waals surface area contributed by atoms with Crippen molar-refractivity contribution in [3.8, 4) is 11.5 Å². The molecule has 148 valence electrons. The normalized spacial score (nSPS) is 16.6. The molecule has 1 aliphatic rings. The zero-order chi connectivity index (χ0) is 20.4. The highest BCUT2D eigenvalue weighted by Crippen LogP contribution is 2.32. The quantitative estimate of drug-likeness (QED) is 0.811. The number of carbonyl (C=O) groups excluding carboxylic acids is 2. The zero-order valence-electron chi connectivity index (χ0n) is 16.8. The molecule has 0 radical (unpaired) electrons. The van der Waals surface area contributed by atoms with Crippen molar-refractivity contribution >= 4 is 23.2 Å². The minimum atomic E-state index is -0.678. The van der Waals surface area contributed by atoms with Gasteiger partial charge in [0.1, 0.15) is 11.5 Å². The second-order valence-electron chi connectivity index (χ2n) is 7.39. The maximum absolute atomic E-state index is 12.6. The van der Waals surface area contributed by atoms with Crippen LogP contribution in [0.4, 0.5) is 11.4 Å². The Hall–Kier alpha value is -3.02. The van der Waals surface area contributed by atoms with Crippen LogP contribution in [0.25, 0.3) is 0 Å². The number of aryl methyl sites for hydroxylation is 1. The van der Waals surface area contributed by atoms with Crippen LogP contribution in [0.1, 0.15) is 44.7 Å². The van der Waals surface area contributed by atoms with E-state index in [1.165, 1.54) is 0 Å². The van der Waals surface area contributed by atoms with E-state index in [1.807, 2.05) is 19.1 Å². The van der Waals surface area contributed by atoms with E-state index in [4.69, 9.17) is 9.47 Å². The van der Waals surface area contributed by atoms with E-state index in [9.17, 15) is 9.59 Å². The Morgan fingerprint density at radius 1 is 1.18 bits per heavy atom. The lowest BCUT2D eigenvalue weighted by Gasteiger charge is -2.24. The van der Waals surface area contributed by atoms with Crippen LogP contribution in [-0.2, 0) is 9.59 Å². The molecule has 28 heavy (non-hydrogen) atoms. The maximum atomic E-state index is 12.6. The molecule has 0 aromatic heterocycles. The van der Waals surface area contributed by atoms with Crippen LogP contribution in [0.2, 0.25) is 0 Å². The number of carbonyl (C=O) groups is 2. The summed E-state index contributed by atoms with van der Waals surface area (Å²) in [5.74, 6) is 1.17. The minimum absolute atomic E-state index is 0.215. The standard InChI is InChI=1S/C22H26N2O4/c1-12(2)16-7-6-13(3)20(10-16)28-14(4)21(25)23-17-8-9-19-18(11-17)24-22(26)15(5)27-19/h6-12,14-15H,1-5H3,(H,23,25)(H,24,26)/t14-,15+/m1/s1. The van der Waals surface area contributed by atoms with Gasteiger partial charge in [-0.1, -0.05) is 26.0 Å². The topological polar surface area (TPSA) is 76.7 Å². The second kappa shape index (κ2) is 7.92. The van der Waals surface area contributed by atoms with Crippen molar-refractivity contribution in [3.63, 3.8) is 0 Å². The molecule has 0 unspecified atom stereocenters. The Kier molecular flexibility index (Phi) is 5.58. The molecule has 0 spiro atoms. The predicted molar refractivity (Wildman–Crippen MR) is 109 cm³/mol. The number of hydrogen-bond donors (Lipinski definition) is 2. The van der Waals surface area contributed by atoms with Gasteiger partial charge in [0, 0.05) is 5.69 Å². The summed E-state index contributed by atoms with van der Waals surface area (Å²) in [5.41, 5.74) is 3.24. The van der Waals surface area contributed by atoms with Crippen LogP contribution in [0, 0.1) is 6.92 Å². The summed E-state index contributed by atoms with van der Waals surface area (Å²) in [6, 6.07) is 11.2. The van der Waals surface area contributed by atoms with Crippen LogP contribution in [0.3, 0.4) is 0 Å². The molecular weight excluding hydrogens is 356 g/mol. The lowest BCUT2D eigenvalue weighted by atomic mass is 10.0. The number of nitrogens with one attached hydrogen (secondary N) is 2. The van der Waals surface area contributed by atoms with E-state index in [2.05, 4.69) is 30.5 Å². The average molecular weight is 382 g/mol. The molecule has 2 aromatic rings. The molecule has 3 rings (SSSR count). The van der Waals surface area contributed by atoms with Gasteiger partial charge < -0.3 is 20.1 Å². The molecule has 0 fully saturated rings. The van der Waals surface area contributed by atoms with Crippen molar-refractivity contribution in [2.45, 2.75) is 52.7 Å². The number of fused-ring (bicyclic) bond motifs is 1. The van der Waals surface area contributed by atoms with E-state index in [0.717, 1.165) is 11.1 Å². The fourth-order valence-electron chi connectivity index (χ4n) is 2.88. The van der Waals surface area contributed by atoms with Gasteiger partial charge in [-0.2, -0.15) is 0 Å². The predicted octanol–water partition coefficient (Wildman–Crippen LogP) is 4.24. The van der Waals surface area contributed by atoms with Crippen molar-refractivity contribution in [2.24, 2.45) is 0 Å². The fraction of sp³-hybridized carbons (Fsp3) is 0.364. The molecule has 0 saturated heterocycles. The lowest BCUT2D eigenvalue weighted by Crippen LogP contribution is -2.34. The molecule has 0 saturated carbocycles. The third kappa shape index (κ3) is 4.27. The smallest absolute Gasteiger partial charge is 0.265 e. The van der Waals surface area contributed by atoms with Gasteiger partial charge in [-0.3, -0.25) is 9.59 Å². The number of rotatable bonds is 5. The molecule has 2 atom stereocenters. The van der Waals surface area contributed by atoms with Crippen molar-refractivity contribution in [3.05, 3.63) is 47.5 Å². The Morgan fingerprint density at radius 2 is 1.93 bits per heavy atom. The zero-order valence-corrected chi connectivity index (χ0v) is 16.8. The van der Waals surface area contributed by atoms with Crippen molar-refractivity contribution in [1.29, 1.82) is 0 Å². The minimum Gasteiger partial charge on any atom is -0.481 e. The van der Waals surface area contributed by atoms with Gasteiger partial charge in [-0.05, 0) is 62.1 Å². The van der Waals surface area contributed by atoms with E-state index >= 15 is 0 Å². The molecule has 6 nitrogen and oxygen atoms in total. The van der Waals surface area contributed by atoms with E-state index < -0.39 is 12.2 Å². The first-order valence-electron chi connectivity index (χ1n) is 9.44. The molecule has 1 heterocycles. The molecule has 6 heteroatoms. The third-order valence-electron chi connectivity index (χ3n) is 4.73. The molecule has 0 bridgehead atoms. The Labute approximate surface area is 165 Å². The van der Waals surface area contributed by atoms with Gasteiger partial charge >= 0.3 is 0 Å². The number of hydrogen-bond acceptors (Lipinski definition) is 4. The molecule has 1 aliphatic heterocycles. The lowest BCUT2D eigenvalue weighted by molar-refractivity contribution is -0.123. The Balaban J connectivity index is 1.69. The summed E-state index contributed by atoms with van der Waals surface area (Å²) in [6.45, 7) is 9.58. The maximum Gasteiger partial charge on any atom is 0.265 e. The van der Waals surface area contributed by atoms with Crippen molar-refractivity contribution in [1.82, 2.24) is 0 Å². The number of ether oxygens (including phenoxy) is 2.